The molecular weight excluding hydrogens is 461 g/mol. The van der Waals surface area contributed by atoms with Gasteiger partial charge in [-0.15, -0.1) is 0 Å². The van der Waals surface area contributed by atoms with Crippen molar-refractivity contribution in [1.82, 2.24) is 20.0 Å². The third kappa shape index (κ3) is 5.58. The summed E-state index contributed by atoms with van der Waals surface area (Å²) in [6.07, 6.45) is -1.66. The molecule has 10 heteroatoms. The van der Waals surface area contributed by atoms with Crippen LogP contribution in [0.25, 0.3) is 5.69 Å². The number of nitrogens with zero attached hydrogens (tertiary/aromatic N) is 3. The monoisotopic (exact) mass is 488 g/mol. The number of benzene rings is 1. The lowest BCUT2D eigenvalue weighted by Crippen LogP contribution is -2.43. The number of furan rings is 1. The number of likely N-dealkylation sites (tertiary alicyclic amines) is 1. The van der Waals surface area contributed by atoms with Gasteiger partial charge in [0, 0.05) is 30.3 Å². The smallest absolute Gasteiger partial charge is 0.416 e. The molecule has 2 amide bonds. The first-order chi connectivity index (χ1) is 16.6. The SMILES string of the molecule is Cc1nn(-c2cccc(C(F)(F)F)c2)c(C)c1CC(=O)N1CCC(C(=O)NCc2ccco2)CC1. The van der Waals surface area contributed by atoms with Gasteiger partial charge in [0.1, 0.15) is 5.76 Å². The molecule has 1 fully saturated rings. The van der Waals surface area contributed by atoms with Gasteiger partial charge in [0.25, 0.3) is 0 Å². The Bertz CT molecular complexity index is 1190. The van der Waals surface area contributed by atoms with Crippen LogP contribution in [0.3, 0.4) is 0 Å². The van der Waals surface area contributed by atoms with Gasteiger partial charge in [-0.25, -0.2) is 4.68 Å². The number of aryl methyl sites for hydroxylation is 1. The Morgan fingerprint density at radius 1 is 1.14 bits per heavy atom. The van der Waals surface area contributed by atoms with Gasteiger partial charge in [0.2, 0.25) is 11.8 Å². The molecule has 4 rings (SSSR count). The zero-order valence-electron chi connectivity index (χ0n) is 19.6. The summed E-state index contributed by atoms with van der Waals surface area (Å²) >= 11 is 0. The number of piperidine rings is 1. The summed E-state index contributed by atoms with van der Waals surface area (Å²) in [5.41, 5.74) is 1.46. The lowest BCUT2D eigenvalue weighted by molar-refractivity contribution is -0.137. The number of alkyl halides is 3. The minimum Gasteiger partial charge on any atom is -0.467 e. The molecular formula is C25H27F3N4O3. The predicted molar refractivity (Wildman–Crippen MR) is 122 cm³/mol. The van der Waals surface area contributed by atoms with Crippen LogP contribution in [-0.4, -0.2) is 39.6 Å². The van der Waals surface area contributed by atoms with Crippen molar-refractivity contribution in [2.75, 3.05) is 13.1 Å². The molecule has 3 heterocycles. The van der Waals surface area contributed by atoms with Crippen molar-refractivity contribution in [2.45, 2.75) is 45.8 Å². The molecule has 0 saturated carbocycles. The van der Waals surface area contributed by atoms with E-state index in [0.29, 0.717) is 60.9 Å². The maximum absolute atomic E-state index is 13.1. The molecule has 3 aromatic rings. The van der Waals surface area contributed by atoms with Gasteiger partial charge in [-0.05, 0) is 57.0 Å². The lowest BCUT2D eigenvalue weighted by Gasteiger charge is -2.31. The number of carbonyl (C=O) groups excluding carboxylic acids is 2. The van der Waals surface area contributed by atoms with Crippen LogP contribution in [0.1, 0.15) is 41.1 Å². The minimum atomic E-state index is -4.45. The largest absolute Gasteiger partial charge is 0.467 e. The van der Waals surface area contributed by atoms with E-state index in [2.05, 4.69) is 10.4 Å². The van der Waals surface area contributed by atoms with Crippen molar-refractivity contribution in [3.8, 4) is 5.69 Å². The van der Waals surface area contributed by atoms with Crippen molar-refractivity contribution in [2.24, 2.45) is 5.92 Å². The standard InChI is InChI=1S/C25H27F3N4O3/c1-16-22(17(2)32(30-16)20-6-3-5-19(13-20)25(26,27)28)14-23(33)31-10-8-18(9-11-31)24(34)29-15-21-7-4-12-35-21/h3-7,12-13,18H,8-11,14-15H2,1-2H3,(H,29,34). The number of amides is 2. The topological polar surface area (TPSA) is 80.4 Å². The Morgan fingerprint density at radius 3 is 2.54 bits per heavy atom. The molecule has 0 radical (unpaired) electrons. The lowest BCUT2D eigenvalue weighted by atomic mass is 9.95. The van der Waals surface area contributed by atoms with E-state index in [9.17, 15) is 22.8 Å². The average Bonchev–Trinajstić information content (AvgIpc) is 3.46. The van der Waals surface area contributed by atoms with Gasteiger partial charge in [-0.2, -0.15) is 18.3 Å². The number of rotatable bonds is 6. The van der Waals surface area contributed by atoms with E-state index in [4.69, 9.17) is 4.42 Å². The number of aromatic nitrogens is 2. The number of hydrogen-bond acceptors (Lipinski definition) is 4. The van der Waals surface area contributed by atoms with Crippen LogP contribution in [0.2, 0.25) is 0 Å². The van der Waals surface area contributed by atoms with Crippen LogP contribution in [0.5, 0.6) is 0 Å². The first-order valence-electron chi connectivity index (χ1n) is 11.4. The van der Waals surface area contributed by atoms with Gasteiger partial charge >= 0.3 is 6.18 Å². The van der Waals surface area contributed by atoms with E-state index >= 15 is 0 Å². The number of halogens is 3. The molecule has 0 unspecified atom stereocenters. The maximum atomic E-state index is 13.1. The number of carbonyl (C=O) groups is 2. The van der Waals surface area contributed by atoms with Crippen molar-refractivity contribution in [3.05, 3.63) is 70.9 Å². The molecule has 0 aliphatic carbocycles. The summed E-state index contributed by atoms with van der Waals surface area (Å²) in [5.74, 6) is 0.375. The van der Waals surface area contributed by atoms with Crippen molar-refractivity contribution >= 4 is 11.8 Å². The summed E-state index contributed by atoms with van der Waals surface area (Å²) in [6, 6.07) is 8.52. The minimum absolute atomic E-state index is 0.0532. The normalized spacial score (nSPS) is 14.8. The van der Waals surface area contributed by atoms with Crippen molar-refractivity contribution < 1.29 is 27.2 Å². The summed E-state index contributed by atoms with van der Waals surface area (Å²) in [6.45, 7) is 4.77. The van der Waals surface area contributed by atoms with Crippen molar-refractivity contribution in [3.63, 3.8) is 0 Å². The van der Waals surface area contributed by atoms with Gasteiger partial charge < -0.3 is 14.6 Å². The summed E-state index contributed by atoms with van der Waals surface area (Å²) in [4.78, 5) is 27.2. The van der Waals surface area contributed by atoms with E-state index in [1.54, 1.807) is 43.2 Å². The highest BCUT2D eigenvalue weighted by Gasteiger charge is 2.31. The van der Waals surface area contributed by atoms with E-state index < -0.39 is 11.7 Å². The van der Waals surface area contributed by atoms with Gasteiger partial charge in [-0.1, -0.05) is 6.07 Å². The quantitative estimate of drug-likeness (QED) is 0.564. The van der Waals surface area contributed by atoms with E-state index in [0.717, 1.165) is 12.1 Å². The fourth-order valence-electron chi connectivity index (χ4n) is 4.38. The molecule has 0 spiro atoms. The summed E-state index contributed by atoms with van der Waals surface area (Å²) in [5, 5.41) is 7.26. The highest BCUT2D eigenvalue weighted by atomic mass is 19.4. The third-order valence-electron chi connectivity index (χ3n) is 6.42. The Morgan fingerprint density at radius 2 is 1.89 bits per heavy atom. The molecule has 35 heavy (non-hydrogen) atoms. The van der Waals surface area contributed by atoms with Gasteiger partial charge in [0.15, 0.2) is 0 Å². The first kappa shape index (κ1) is 24.6. The highest BCUT2D eigenvalue weighted by Crippen LogP contribution is 2.31. The van der Waals surface area contributed by atoms with Crippen LogP contribution in [0.15, 0.2) is 47.1 Å². The second-order valence-electron chi connectivity index (χ2n) is 8.74. The molecule has 2 aromatic heterocycles. The summed E-state index contributed by atoms with van der Waals surface area (Å²) in [7, 11) is 0. The Labute approximate surface area is 200 Å². The van der Waals surface area contributed by atoms with Crippen LogP contribution in [0.4, 0.5) is 13.2 Å². The van der Waals surface area contributed by atoms with Crippen molar-refractivity contribution in [1.29, 1.82) is 0 Å². The average molecular weight is 489 g/mol. The zero-order chi connectivity index (χ0) is 25.2. The molecule has 1 aliphatic rings. The Kier molecular flexibility index (Phi) is 7.00. The van der Waals surface area contributed by atoms with E-state index in [-0.39, 0.29) is 24.2 Å². The maximum Gasteiger partial charge on any atom is 0.416 e. The number of nitrogens with one attached hydrogen (secondary N) is 1. The third-order valence-corrected chi connectivity index (χ3v) is 6.42. The Hall–Kier alpha value is -3.56. The second kappa shape index (κ2) is 9.97. The van der Waals surface area contributed by atoms with Gasteiger partial charge in [-0.3, -0.25) is 9.59 Å². The molecule has 1 aliphatic heterocycles. The van der Waals surface area contributed by atoms with E-state index in [1.165, 1.54) is 10.7 Å². The fourth-order valence-corrected chi connectivity index (χ4v) is 4.38. The van der Waals surface area contributed by atoms with Crippen LogP contribution in [0, 0.1) is 19.8 Å². The number of hydrogen-bond donors (Lipinski definition) is 1. The molecule has 1 N–H and O–H groups in total. The summed E-state index contributed by atoms with van der Waals surface area (Å²) < 4.78 is 46.0. The van der Waals surface area contributed by atoms with Crippen LogP contribution < -0.4 is 5.32 Å². The predicted octanol–water partition coefficient (Wildman–Crippen LogP) is 4.20. The Balaban J connectivity index is 1.37. The van der Waals surface area contributed by atoms with Crippen LogP contribution in [-0.2, 0) is 28.7 Å². The zero-order valence-corrected chi connectivity index (χ0v) is 19.6. The molecule has 186 valence electrons. The van der Waals surface area contributed by atoms with Gasteiger partial charge in [0.05, 0.1) is 36.2 Å². The van der Waals surface area contributed by atoms with Crippen LogP contribution >= 0.6 is 0 Å². The molecule has 0 atom stereocenters. The van der Waals surface area contributed by atoms with E-state index in [1.807, 2.05) is 0 Å². The fraction of sp³-hybridized carbons (Fsp3) is 0.400. The molecule has 7 nitrogen and oxygen atoms in total. The molecule has 0 bridgehead atoms. The first-order valence-corrected chi connectivity index (χ1v) is 11.4. The molecule has 1 aromatic carbocycles. The molecule has 1 saturated heterocycles. The second-order valence-corrected chi connectivity index (χ2v) is 8.74. The highest BCUT2D eigenvalue weighted by molar-refractivity contribution is 5.81.